The molecule has 0 spiro atoms. The van der Waals surface area contributed by atoms with Crippen LogP contribution in [0.3, 0.4) is 0 Å². The zero-order valence-electron chi connectivity index (χ0n) is 9.75. The normalized spacial score (nSPS) is 22.8. The fourth-order valence-corrected chi connectivity index (χ4v) is 2.09. The number of hydrogen-bond acceptors (Lipinski definition) is 2. The van der Waals surface area contributed by atoms with Crippen LogP contribution in [0.15, 0.2) is 18.2 Å². The van der Waals surface area contributed by atoms with E-state index in [1.807, 2.05) is 0 Å². The summed E-state index contributed by atoms with van der Waals surface area (Å²) in [4.78, 5) is 11.6. The summed E-state index contributed by atoms with van der Waals surface area (Å²) < 4.78 is 26.0. The van der Waals surface area contributed by atoms with Gasteiger partial charge >= 0.3 is 6.03 Å². The topological polar surface area (TPSA) is 67.1 Å². The van der Waals surface area contributed by atoms with Crippen LogP contribution in [0, 0.1) is 11.6 Å². The number of hydrogen-bond donors (Lipinski definition) is 3. The number of nitrogens with one attached hydrogen (secondary N) is 2. The van der Waals surface area contributed by atoms with E-state index in [2.05, 4.69) is 10.6 Å². The fourth-order valence-electron chi connectivity index (χ4n) is 2.09. The lowest BCUT2D eigenvalue weighted by Gasteiger charge is -2.17. The lowest BCUT2D eigenvalue weighted by Crippen LogP contribution is -2.45. The third-order valence-corrected chi connectivity index (χ3v) is 3.07. The van der Waals surface area contributed by atoms with Crippen molar-refractivity contribution in [2.45, 2.75) is 31.3 Å². The van der Waals surface area contributed by atoms with E-state index < -0.39 is 17.7 Å². The molecule has 18 heavy (non-hydrogen) atoms. The summed E-state index contributed by atoms with van der Waals surface area (Å²) >= 11 is 0. The van der Waals surface area contributed by atoms with Crippen molar-refractivity contribution < 1.29 is 13.6 Å². The number of anilines is 1. The molecule has 0 radical (unpaired) electrons. The maximum Gasteiger partial charge on any atom is 0.319 e. The van der Waals surface area contributed by atoms with Gasteiger partial charge in [0.05, 0.1) is 5.69 Å². The Hall–Kier alpha value is -1.69. The van der Waals surface area contributed by atoms with Gasteiger partial charge in [0, 0.05) is 18.2 Å². The molecule has 4 nitrogen and oxygen atoms in total. The first-order valence-corrected chi connectivity index (χ1v) is 5.84. The first kappa shape index (κ1) is 12.8. The lowest BCUT2D eigenvalue weighted by molar-refractivity contribution is 0.247. The molecule has 0 aromatic heterocycles. The van der Waals surface area contributed by atoms with Crippen LogP contribution in [0.5, 0.6) is 0 Å². The first-order valence-electron chi connectivity index (χ1n) is 5.84. The predicted octanol–water partition coefficient (Wildman–Crippen LogP) is 1.97. The summed E-state index contributed by atoms with van der Waals surface area (Å²) in [6.07, 6.45) is 2.66. The van der Waals surface area contributed by atoms with E-state index in [9.17, 15) is 13.6 Å². The Balaban J connectivity index is 1.94. The van der Waals surface area contributed by atoms with Crippen LogP contribution < -0.4 is 16.4 Å². The first-order chi connectivity index (χ1) is 8.56. The summed E-state index contributed by atoms with van der Waals surface area (Å²) in [5.41, 5.74) is 5.75. The van der Waals surface area contributed by atoms with E-state index in [-0.39, 0.29) is 17.8 Å². The van der Waals surface area contributed by atoms with Crippen molar-refractivity contribution in [2.24, 2.45) is 5.73 Å². The third-order valence-electron chi connectivity index (χ3n) is 3.07. The standard InChI is InChI=1S/C12H15F2N3O/c13-7-4-5-10(8(14)6-7)16-12(18)17-11-3-1-2-9(11)15/h4-6,9,11H,1-3,15H2,(H2,16,17,18). The fraction of sp³-hybridized carbons (Fsp3) is 0.417. The zero-order valence-corrected chi connectivity index (χ0v) is 9.75. The number of halogens is 2. The highest BCUT2D eigenvalue weighted by Gasteiger charge is 2.25. The second-order valence-electron chi connectivity index (χ2n) is 4.42. The van der Waals surface area contributed by atoms with Gasteiger partial charge in [-0.2, -0.15) is 0 Å². The van der Waals surface area contributed by atoms with Crippen molar-refractivity contribution in [2.75, 3.05) is 5.32 Å². The molecule has 1 aliphatic carbocycles. The number of nitrogens with two attached hydrogens (primary N) is 1. The largest absolute Gasteiger partial charge is 0.334 e. The molecule has 2 rings (SSSR count). The van der Waals surface area contributed by atoms with Gasteiger partial charge in [0.1, 0.15) is 11.6 Å². The second-order valence-corrected chi connectivity index (χ2v) is 4.42. The molecule has 0 saturated heterocycles. The van der Waals surface area contributed by atoms with Crippen LogP contribution in [-0.4, -0.2) is 18.1 Å². The van der Waals surface area contributed by atoms with E-state index >= 15 is 0 Å². The van der Waals surface area contributed by atoms with Crippen molar-refractivity contribution in [1.29, 1.82) is 0 Å². The highest BCUT2D eigenvalue weighted by molar-refractivity contribution is 5.89. The molecule has 2 atom stereocenters. The molecule has 2 unspecified atom stereocenters. The molecule has 1 aromatic carbocycles. The molecule has 2 amide bonds. The summed E-state index contributed by atoms with van der Waals surface area (Å²) in [6.45, 7) is 0. The van der Waals surface area contributed by atoms with E-state index in [1.54, 1.807) is 0 Å². The van der Waals surface area contributed by atoms with Gasteiger partial charge in [0.25, 0.3) is 0 Å². The Morgan fingerprint density at radius 3 is 2.72 bits per heavy atom. The second kappa shape index (κ2) is 5.30. The van der Waals surface area contributed by atoms with Crippen molar-refractivity contribution in [1.82, 2.24) is 5.32 Å². The van der Waals surface area contributed by atoms with Gasteiger partial charge in [0.2, 0.25) is 0 Å². The molecule has 0 heterocycles. The van der Waals surface area contributed by atoms with Crippen molar-refractivity contribution in [3.63, 3.8) is 0 Å². The molecule has 0 bridgehead atoms. The summed E-state index contributed by atoms with van der Waals surface area (Å²) in [5, 5.41) is 5.02. The highest BCUT2D eigenvalue weighted by atomic mass is 19.1. The van der Waals surface area contributed by atoms with Crippen molar-refractivity contribution in [3.8, 4) is 0 Å². The van der Waals surface area contributed by atoms with Crippen molar-refractivity contribution in [3.05, 3.63) is 29.8 Å². The summed E-state index contributed by atoms with van der Waals surface area (Å²) in [7, 11) is 0. The minimum Gasteiger partial charge on any atom is -0.334 e. The van der Waals surface area contributed by atoms with E-state index in [0.29, 0.717) is 0 Å². The highest BCUT2D eigenvalue weighted by Crippen LogP contribution is 2.18. The maximum atomic E-state index is 13.3. The van der Waals surface area contributed by atoms with Gasteiger partial charge in [-0.25, -0.2) is 13.6 Å². The molecule has 6 heteroatoms. The van der Waals surface area contributed by atoms with Gasteiger partial charge in [-0.05, 0) is 31.4 Å². The molecule has 1 aliphatic rings. The number of benzene rings is 1. The molecule has 98 valence electrons. The average Bonchev–Trinajstić information content (AvgIpc) is 2.69. The van der Waals surface area contributed by atoms with E-state index in [4.69, 9.17) is 5.73 Å². The van der Waals surface area contributed by atoms with Crippen LogP contribution >= 0.6 is 0 Å². The Kier molecular flexibility index (Phi) is 3.76. The van der Waals surface area contributed by atoms with E-state index in [1.165, 1.54) is 6.07 Å². The minimum absolute atomic E-state index is 0.0551. The van der Waals surface area contributed by atoms with Crippen molar-refractivity contribution >= 4 is 11.7 Å². The van der Waals surface area contributed by atoms with Crippen LogP contribution in [0.25, 0.3) is 0 Å². The summed E-state index contributed by atoms with van der Waals surface area (Å²) in [6, 6.07) is 2.31. The molecule has 1 saturated carbocycles. The molecule has 4 N–H and O–H groups in total. The molecule has 1 fully saturated rings. The monoisotopic (exact) mass is 255 g/mol. The predicted molar refractivity (Wildman–Crippen MR) is 64.1 cm³/mol. The van der Waals surface area contributed by atoms with Gasteiger partial charge in [-0.1, -0.05) is 0 Å². The SMILES string of the molecule is NC1CCCC1NC(=O)Nc1ccc(F)cc1F. The minimum atomic E-state index is -0.805. The molecule has 1 aromatic rings. The average molecular weight is 255 g/mol. The van der Waals surface area contributed by atoms with Gasteiger partial charge < -0.3 is 16.4 Å². The maximum absolute atomic E-state index is 13.3. The molecular weight excluding hydrogens is 240 g/mol. The Bertz CT molecular complexity index is 453. The van der Waals surface area contributed by atoms with Gasteiger partial charge in [0.15, 0.2) is 0 Å². The lowest BCUT2D eigenvalue weighted by atomic mass is 10.2. The Labute approximate surface area is 104 Å². The number of carbonyl (C=O) groups excluding carboxylic acids is 1. The summed E-state index contributed by atoms with van der Waals surface area (Å²) in [5.74, 6) is -1.49. The van der Waals surface area contributed by atoms with Gasteiger partial charge in [-0.15, -0.1) is 0 Å². The van der Waals surface area contributed by atoms with E-state index in [0.717, 1.165) is 31.4 Å². The number of rotatable bonds is 2. The van der Waals surface area contributed by atoms with Crippen LogP contribution in [0.2, 0.25) is 0 Å². The van der Waals surface area contributed by atoms with Gasteiger partial charge in [-0.3, -0.25) is 0 Å². The number of amides is 2. The smallest absolute Gasteiger partial charge is 0.319 e. The van der Waals surface area contributed by atoms with Crippen LogP contribution in [0.1, 0.15) is 19.3 Å². The van der Waals surface area contributed by atoms with Crippen LogP contribution in [-0.2, 0) is 0 Å². The Morgan fingerprint density at radius 2 is 2.11 bits per heavy atom. The molecule has 0 aliphatic heterocycles. The Morgan fingerprint density at radius 1 is 1.33 bits per heavy atom. The quantitative estimate of drug-likeness (QED) is 0.756. The zero-order chi connectivity index (χ0) is 13.1. The molecular formula is C12H15F2N3O. The van der Waals surface area contributed by atoms with Crippen LogP contribution in [0.4, 0.5) is 19.3 Å². The third kappa shape index (κ3) is 2.95. The number of carbonyl (C=O) groups is 1. The number of urea groups is 1.